The number of ether oxygens (including phenoxy) is 1. The Labute approximate surface area is 154 Å². The molecule has 7 nitrogen and oxygen atoms in total. The number of nitrogens with one attached hydrogen (secondary N) is 1. The molecule has 0 amide bonds. The van der Waals surface area contributed by atoms with Crippen LogP contribution in [0.5, 0.6) is 0 Å². The van der Waals surface area contributed by atoms with Gasteiger partial charge >= 0.3 is 0 Å². The highest BCUT2D eigenvalue weighted by Crippen LogP contribution is 2.29. The predicted octanol–water partition coefficient (Wildman–Crippen LogP) is 2.69. The average Bonchev–Trinajstić information content (AvgIpc) is 2.69. The van der Waals surface area contributed by atoms with E-state index in [1.54, 1.807) is 6.20 Å². The second-order valence-electron chi connectivity index (χ2n) is 7.07. The van der Waals surface area contributed by atoms with Gasteiger partial charge in [-0.25, -0.2) is 0 Å². The first-order chi connectivity index (χ1) is 12.8. The number of aromatic nitrogens is 3. The third kappa shape index (κ3) is 3.88. The zero-order valence-electron chi connectivity index (χ0n) is 15.3. The molecule has 1 unspecified atom stereocenters. The Morgan fingerprint density at radius 1 is 1.12 bits per heavy atom. The fourth-order valence-corrected chi connectivity index (χ4v) is 3.68. The van der Waals surface area contributed by atoms with Gasteiger partial charge in [-0.1, -0.05) is 19.1 Å². The summed E-state index contributed by atoms with van der Waals surface area (Å²) in [5, 5.41) is 11.7. The Morgan fingerprint density at radius 2 is 1.96 bits per heavy atom. The zero-order chi connectivity index (χ0) is 17.8. The largest absolute Gasteiger partial charge is 0.378 e. The summed E-state index contributed by atoms with van der Waals surface area (Å²) < 4.78 is 5.47. The molecular formula is C19H26N6O. The molecule has 2 saturated heterocycles. The van der Waals surface area contributed by atoms with Crippen LogP contribution in [0.25, 0.3) is 0 Å². The monoisotopic (exact) mass is 354 g/mol. The Bertz CT molecular complexity index is 733. The van der Waals surface area contributed by atoms with E-state index < -0.39 is 0 Å². The predicted molar refractivity (Wildman–Crippen MR) is 103 cm³/mol. The minimum atomic E-state index is 0.543. The highest BCUT2D eigenvalue weighted by molar-refractivity contribution is 5.73. The van der Waals surface area contributed by atoms with Crippen molar-refractivity contribution >= 4 is 23.1 Å². The summed E-state index contributed by atoms with van der Waals surface area (Å²) in [6.07, 6.45) is 4.25. The van der Waals surface area contributed by atoms with Gasteiger partial charge in [0.05, 0.1) is 30.8 Å². The fourth-order valence-electron chi connectivity index (χ4n) is 3.68. The molecule has 26 heavy (non-hydrogen) atoms. The lowest BCUT2D eigenvalue weighted by molar-refractivity contribution is 0.123. The van der Waals surface area contributed by atoms with E-state index in [0.717, 1.165) is 56.6 Å². The highest BCUT2D eigenvalue weighted by Gasteiger charge is 2.19. The first-order valence-electron chi connectivity index (χ1n) is 9.43. The fraction of sp³-hybridized carbons (Fsp3) is 0.526. The quantitative estimate of drug-likeness (QED) is 0.905. The van der Waals surface area contributed by atoms with E-state index in [-0.39, 0.29) is 0 Å². The molecule has 2 fully saturated rings. The summed E-state index contributed by atoms with van der Waals surface area (Å²) in [6.45, 7) is 7.66. The molecule has 3 heterocycles. The van der Waals surface area contributed by atoms with Crippen molar-refractivity contribution in [1.82, 2.24) is 15.2 Å². The van der Waals surface area contributed by atoms with Crippen LogP contribution in [0.1, 0.15) is 19.8 Å². The number of hydrogen-bond donors (Lipinski definition) is 1. The van der Waals surface area contributed by atoms with Crippen LogP contribution in [-0.2, 0) is 4.74 Å². The van der Waals surface area contributed by atoms with Gasteiger partial charge in [-0.2, -0.15) is 10.1 Å². The van der Waals surface area contributed by atoms with E-state index in [9.17, 15) is 0 Å². The maximum atomic E-state index is 5.47. The van der Waals surface area contributed by atoms with Gasteiger partial charge in [0.25, 0.3) is 0 Å². The summed E-state index contributed by atoms with van der Waals surface area (Å²) in [5.41, 5.74) is 2.15. The van der Waals surface area contributed by atoms with Gasteiger partial charge in [-0.15, -0.1) is 5.10 Å². The second-order valence-corrected chi connectivity index (χ2v) is 7.07. The molecule has 138 valence electrons. The summed E-state index contributed by atoms with van der Waals surface area (Å²) in [6, 6.07) is 8.26. The lowest BCUT2D eigenvalue weighted by Gasteiger charge is -2.32. The number of para-hydroxylation sites is 2. The van der Waals surface area contributed by atoms with Crippen LogP contribution in [-0.4, -0.2) is 54.6 Å². The topological polar surface area (TPSA) is 66.4 Å². The molecule has 2 aliphatic rings. The Morgan fingerprint density at radius 3 is 2.81 bits per heavy atom. The van der Waals surface area contributed by atoms with Gasteiger partial charge in [0.1, 0.15) is 0 Å². The van der Waals surface area contributed by atoms with Crippen molar-refractivity contribution in [1.29, 1.82) is 0 Å². The van der Waals surface area contributed by atoms with Crippen LogP contribution in [0.15, 0.2) is 30.5 Å². The summed E-state index contributed by atoms with van der Waals surface area (Å²) in [7, 11) is 0. The number of benzene rings is 1. The number of morpholine rings is 1. The van der Waals surface area contributed by atoms with Crippen LogP contribution in [0.4, 0.5) is 23.1 Å². The second kappa shape index (κ2) is 7.86. The maximum absolute atomic E-state index is 5.47. The Kier molecular flexibility index (Phi) is 5.15. The number of rotatable bonds is 4. The van der Waals surface area contributed by atoms with Crippen molar-refractivity contribution < 1.29 is 4.74 Å². The first-order valence-corrected chi connectivity index (χ1v) is 9.43. The number of piperidine rings is 1. The minimum absolute atomic E-state index is 0.543. The third-order valence-electron chi connectivity index (χ3n) is 5.03. The van der Waals surface area contributed by atoms with Crippen molar-refractivity contribution in [3.05, 3.63) is 30.5 Å². The zero-order valence-corrected chi connectivity index (χ0v) is 15.3. The van der Waals surface area contributed by atoms with Crippen LogP contribution in [0, 0.1) is 5.92 Å². The maximum Gasteiger partial charge on any atom is 0.249 e. The number of nitrogens with zero attached hydrogens (tertiary/aromatic N) is 5. The molecule has 1 aromatic heterocycles. The van der Waals surface area contributed by atoms with E-state index in [4.69, 9.17) is 9.72 Å². The molecule has 0 spiro atoms. The van der Waals surface area contributed by atoms with E-state index in [0.29, 0.717) is 11.9 Å². The van der Waals surface area contributed by atoms with Crippen molar-refractivity contribution in [2.75, 3.05) is 54.5 Å². The molecule has 1 N–H and O–H groups in total. The molecular weight excluding hydrogens is 328 g/mol. The highest BCUT2D eigenvalue weighted by atomic mass is 16.5. The SMILES string of the molecule is CC1CCCN(c2cnnc(Nc3ccccc3N3CCOCC3)n2)C1. The van der Waals surface area contributed by atoms with Crippen LogP contribution >= 0.6 is 0 Å². The van der Waals surface area contributed by atoms with Crippen LogP contribution < -0.4 is 15.1 Å². The first kappa shape index (κ1) is 17.0. The molecule has 0 bridgehead atoms. The van der Waals surface area contributed by atoms with Gasteiger partial charge in [0.2, 0.25) is 5.95 Å². The van der Waals surface area contributed by atoms with Gasteiger partial charge in [-0.05, 0) is 30.9 Å². The molecule has 1 atom stereocenters. The minimum Gasteiger partial charge on any atom is -0.378 e. The molecule has 0 radical (unpaired) electrons. The lowest BCUT2D eigenvalue weighted by atomic mass is 10.0. The third-order valence-corrected chi connectivity index (χ3v) is 5.03. The van der Waals surface area contributed by atoms with Crippen LogP contribution in [0.3, 0.4) is 0 Å². The smallest absolute Gasteiger partial charge is 0.249 e. The summed E-state index contributed by atoms with van der Waals surface area (Å²) in [5.74, 6) is 2.14. The Hall–Kier alpha value is -2.41. The standard InChI is InChI=1S/C19H26N6O/c1-15-5-4-8-25(14-15)18-13-20-23-19(22-18)21-16-6-2-3-7-17(16)24-9-11-26-12-10-24/h2-3,6-7,13,15H,4-5,8-12,14H2,1H3,(H,21,22,23). The van der Waals surface area contributed by atoms with Crippen molar-refractivity contribution in [3.8, 4) is 0 Å². The molecule has 2 aromatic rings. The molecule has 4 rings (SSSR count). The van der Waals surface area contributed by atoms with E-state index in [1.165, 1.54) is 12.8 Å². The number of anilines is 4. The van der Waals surface area contributed by atoms with Crippen molar-refractivity contribution in [3.63, 3.8) is 0 Å². The molecule has 0 aliphatic carbocycles. The lowest BCUT2D eigenvalue weighted by Crippen LogP contribution is -2.36. The van der Waals surface area contributed by atoms with Crippen molar-refractivity contribution in [2.45, 2.75) is 19.8 Å². The number of hydrogen-bond acceptors (Lipinski definition) is 7. The van der Waals surface area contributed by atoms with E-state index in [2.05, 4.69) is 50.4 Å². The van der Waals surface area contributed by atoms with Gasteiger partial charge in [0, 0.05) is 26.2 Å². The average molecular weight is 354 g/mol. The Balaban J connectivity index is 1.53. The van der Waals surface area contributed by atoms with Crippen molar-refractivity contribution in [2.24, 2.45) is 5.92 Å². The van der Waals surface area contributed by atoms with Gasteiger partial charge < -0.3 is 19.9 Å². The van der Waals surface area contributed by atoms with Crippen LogP contribution in [0.2, 0.25) is 0 Å². The van der Waals surface area contributed by atoms with E-state index in [1.807, 2.05) is 6.07 Å². The van der Waals surface area contributed by atoms with E-state index >= 15 is 0 Å². The normalized spacial score (nSPS) is 20.9. The molecule has 7 heteroatoms. The summed E-state index contributed by atoms with van der Waals surface area (Å²) >= 11 is 0. The molecule has 1 aromatic carbocycles. The molecule has 0 saturated carbocycles. The van der Waals surface area contributed by atoms with Gasteiger partial charge in [-0.3, -0.25) is 0 Å². The van der Waals surface area contributed by atoms with Gasteiger partial charge in [0.15, 0.2) is 5.82 Å². The molecule has 2 aliphatic heterocycles. The summed E-state index contributed by atoms with van der Waals surface area (Å²) in [4.78, 5) is 9.35.